The van der Waals surface area contributed by atoms with E-state index in [1.807, 2.05) is 34.6 Å². The Hall–Kier alpha value is -0.708. The van der Waals surface area contributed by atoms with E-state index in [9.17, 15) is 4.79 Å². The Labute approximate surface area is 163 Å². The van der Waals surface area contributed by atoms with Crippen LogP contribution in [-0.2, 0) is 4.79 Å². The first-order chi connectivity index (χ1) is 10.1. The van der Waals surface area contributed by atoms with Gasteiger partial charge in [0.15, 0.2) is 0 Å². The van der Waals surface area contributed by atoms with Crippen LogP contribution in [0.1, 0.15) is 54.9 Å². The van der Waals surface area contributed by atoms with Gasteiger partial charge in [0.2, 0.25) is 0 Å². The van der Waals surface area contributed by atoms with Crippen molar-refractivity contribution in [1.82, 2.24) is 0 Å². The predicted molar refractivity (Wildman–Crippen MR) is 100 cm³/mol. The molecule has 22 heavy (non-hydrogen) atoms. The minimum Gasteiger partial charge on any atom is -0.310 e. The van der Waals surface area contributed by atoms with Crippen molar-refractivity contribution in [3.63, 3.8) is 0 Å². The van der Waals surface area contributed by atoms with E-state index in [1.165, 1.54) is 18.6 Å². The Kier molecular flexibility index (Phi) is 48.5. The molecule has 0 rings (SSSR count). The van der Waals surface area contributed by atoms with Gasteiger partial charge in [0.25, 0.3) is 0 Å². The van der Waals surface area contributed by atoms with Crippen molar-refractivity contribution in [3.8, 4) is 0 Å². The monoisotopic (exact) mass is 529 g/mol. The zero-order valence-corrected chi connectivity index (χ0v) is 19.9. The second-order valence-electron chi connectivity index (χ2n) is 3.26. The Morgan fingerprint density at radius 1 is 1.05 bits per heavy atom. The molecule has 0 unspecified atom stereocenters. The number of allylic oxidation sites excluding steroid dienone is 8. The summed E-state index contributed by atoms with van der Waals surface area (Å²) in [7, 11) is 0. The quantitative estimate of drug-likeness (QED) is 0.221. The largest absolute Gasteiger partial charge is 0.310 e. The van der Waals surface area contributed by atoms with Crippen LogP contribution in [-0.4, -0.2) is 5.78 Å². The standard InChI is InChI=1S/C13H15O.C3H8.2C2H6.U/c1-5-9-11(7-3)13(14)12(8-4)10-6-2;1-3-2;2*1-2;/h5-10H,1,3-4H2,2H3;3H2,1-2H3;2*1-2H3;/q-1;;;;/b10-6-,11-9+,12-8+;;;;. The molecule has 0 spiro atoms. The fourth-order valence-electron chi connectivity index (χ4n) is 0.946. The van der Waals surface area contributed by atoms with E-state index in [-0.39, 0.29) is 36.9 Å². The molecule has 0 aliphatic heterocycles. The van der Waals surface area contributed by atoms with E-state index < -0.39 is 0 Å². The molecule has 0 saturated heterocycles. The van der Waals surface area contributed by atoms with Crippen LogP contribution in [0.3, 0.4) is 0 Å². The molecule has 0 amide bonds. The van der Waals surface area contributed by atoms with E-state index >= 15 is 0 Å². The SMILES string of the molecule is C=C/C=C(\C=C)C(=O)C(/C=C\C)=C/[CH2-].CC.CC.CCC.[U]. The number of ketones is 1. The number of hydrogen-bond acceptors (Lipinski definition) is 1. The summed E-state index contributed by atoms with van der Waals surface area (Å²) in [5, 5.41) is 0. The van der Waals surface area contributed by atoms with Crippen molar-refractivity contribution in [1.29, 1.82) is 0 Å². The van der Waals surface area contributed by atoms with Crippen molar-refractivity contribution in [2.75, 3.05) is 0 Å². The molecular weight excluding hydrogens is 494 g/mol. The smallest absolute Gasteiger partial charge is 0.113 e. The summed E-state index contributed by atoms with van der Waals surface area (Å²) in [4.78, 5) is 11.7. The summed E-state index contributed by atoms with van der Waals surface area (Å²) < 4.78 is 0. The van der Waals surface area contributed by atoms with Gasteiger partial charge in [0.05, 0.1) is 0 Å². The molecule has 0 aromatic heterocycles. The summed E-state index contributed by atoms with van der Waals surface area (Å²) in [5.41, 5.74) is 1.08. The molecular formula is C20H35OU-. The molecule has 0 aliphatic rings. The minimum atomic E-state index is -0.0898. The second kappa shape index (κ2) is 32.3. The van der Waals surface area contributed by atoms with E-state index in [4.69, 9.17) is 0 Å². The third kappa shape index (κ3) is 21.6. The van der Waals surface area contributed by atoms with Crippen LogP contribution >= 0.6 is 0 Å². The molecule has 1 nitrogen and oxygen atoms in total. The van der Waals surface area contributed by atoms with Crippen molar-refractivity contribution >= 4 is 5.78 Å². The topological polar surface area (TPSA) is 17.1 Å². The third-order valence-electron chi connectivity index (χ3n) is 1.61. The van der Waals surface area contributed by atoms with Crippen molar-refractivity contribution < 1.29 is 35.9 Å². The molecule has 0 aromatic carbocycles. The van der Waals surface area contributed by atoms with Crippen molar-refractivity contribution in [2.45, 2.75) is 54.9 Å². The second-order valence-corrected chi connectivity index (χ2v) is 3.26. The fourth-order valence-corrected chi connectivity index (χ4v) is 0.946. The number of carbonyl (C=O) groups is 1. The van der Waals surface area contributed by atoms with Gasteiger partial charge in [-0.15, -0.1) is 17.7 Å². The Balaban J connectivity index is -0.000000104. The molecule has 0 radical (unpaired) electrons. The third-order valence-corrected chi connectivity index (χ3v) is 1.61. The van der Waals surface area contributed by atoms with Crippen LogP contribution in [0.2, 0.25) is 0 Å². The summed E-state index contributed by atoms with van der Waals surface area (Å²) >= 11 is 0. The maximum absolute atomic E-state index is 11.7. The Bertz CT molecular complexity index is 334. The average Bonchev–Trinajstić information content (AvgIpc) is 2.54. The molecule has 0 N–H and O–H groups in total. The maximum atomic E-state index is 11.7. The normalized spacial score (nSPS) is 9.59. The van der Waals surface area contributed by atoms with Gasteiger partial charge in [-0.2, -0.15) is 0 Å². The van der Waals surface area contributed by atoms with Gasteiger partial charge < -0.3 is 4.79 Å². The van der Waals surface area contributed by atoms with Gasteiger partial charge in [-0.05, 0) is 6.92 Å². The first-order valence-corrected chi connectivity index (χ1v) is 7.74. The van der Waals surface area contributed by atoms with Crippen LogP contribution < -0.4 is 0 Å². The van der Waals surface area contributed by atoms with Crippen molar-refractivity contribution in [2.24, 2.45) is 0 Å². The van der Waals surface area contributed by atoms with Crippen LogP contribution in [0.4, 0.5) is 0 Å². The molecule has 0 saturated carbocycles. The Morgan fingerprint density at radius 3 is 1.68 bits per heavy atom. The summed E-state index contributed by atoms with van der Waals surface area (Å²) in [6, 6.07) is 0. The maximum Gasteiger partial charge on any atom is 0.113 e. The molecule has 0 bridgehead atoms. The Morgan fingerprint density at radius 2 is 1.45 bits per heavy atom. The minimum absolute atomic E-state index is 0. The predicted octanol–water partition coefficient (Wildman–Crippen LogP) is 6.66. The van der Waals surface area contributed by atoms with Crippen LogP contribution in [0.5, 0.6) is 0 Å². The van der Waals surface area contributed by atoms with Gasteiger partial charge in [-0.25, -0.2) is 13.0 Å². The first kappa shape index (κ1) is 33.0. The number of carbonyl (C=O) groups excluding carboxylic acids is 1. The van der Waals surface area contributed by atoms with Gasteiger partial charge in [-0.3, -0.25) is 0 Å². The van der Waals surface area contributed by atoms with E-state index in [0.29, 0.717) is 11.1 Å². The number of Topliss-reactive ketones (excluding diaryl/α,β-unsaturated/α-hetero) is 1. The fraction of sp³-hybridized carbons (Fsp3) is 0.400. The first-order valence-electron chi connectivity index (χ1n) is 7.74. The summed E-state index contributed by atoms with van der Waals surface area (Å²) in [6.07, 6.45) is 11.0. The summed E-state index contributed by atoms with van der Waals surface area (Å²) in [5.74, 6) is -0.0898. The van der Waals surface area contributed by atoms with Gasteiger partial charge in [-0.1, -0.05) is 79.3 Å². The van der Waals surface area contributed by atoms with Crippen LogP contribution in [0.25, 0.3) is 0 Å². The molecule has 126 valence electrons. The number of rotatable bonds is 5. The zero-order chi connectivity index (χ0) is 17.7. The summed E-state index contributed by atoms with van der Waals surface area (Å²) in [6.45, 7) is 24.8. The van der Waals surface area contributed by atoms with Gasteiger partial charge in [0, 0.05) is 36.7 Å². The van der Waals surface area contributed by atoms with Gasteiger partial charge in [0.1, 0.15) is 5.78 Å². The molecule has 0 atom stereocenters. The van der Waals surface area contributed by atoms with E-state index in [2.05, 4.69) is 33.9 Å². The zero-order valence-electron chi connectivity index (χ0n) is 15.7. The van der Waals surface area contributed by atoms with E-state index in [1.54, 1.807) is 24.3 Å². The molecule has 0 aromatic rings. The van der Waals surface area contributed by atoms with Crippen molar-refractivity contribution in [3.05, 3.63) is 67.7 Å². The molecule has 2 heteroatoms. The molecule has 0 aliphatic carbocycles. The van der Waals surface area contributed by atoms with Gasteiger partial charge >= 0.3 is 0 Å². The van der Waals surface area contributed by atoms with Crippen LogP contribution in [0.15, 0.2) is 60.8 Å². The van der Waals surface area contributed by atoms with Crippen LogP contribution in [0, 0.1) is 38.0 Å². The van der Waals surface area contributed by atoms with E-state index in [0.717, 1.165) is 0 Å². The molecule has 0 fully saturated rings. The average molecular weight is 530 g/mol. The number of hydrogen-bond donors (Lipinski definition) is 0. The molecule has 0 heterocycles.